The maximum atomic E-state index is 12.6. The molecular formula is C29H54N4O4S. The summed E-state index contributed by atoms with van der Waals surface area (Å²) in [6.45, 7) is 12.2. The molecule has 0 unspecified atom stereocenters. The zero-order valence-electron chi connectivity index (χ0n) is 24.6. The van der Waals surface area contributed by atoms with Crippen molar-refractivity contribution in [2.75, 3.05) is 44.4 Å². The number of morpholine rings is 1. The molecule has 0 aliphatic carbocycles. The largest absolute Gasteiger partial charge is 0.470 e. The normalized spacial score (nSPS) is 15.0. The first kappa shape index (κ1) is 32.8. The number of hydrogen-bond acceptors (Lipinski definition) is 9. The zero-order valence-corrected chi connectivity index (χ0v) is 25.4. The third-order valence-electron chi connectivity index (χ3n) is 6.80. The van der Waals surface area contributed by atoms with Gasteiger partial charge in [-0.1, -0.05) is 84.0 Å². The second-order valence-corrected chi connectivity index (χ2v) is 12.1. The predicted octanol–water partition coefficient (Wildman–Crippen LogP) is 6.53. The Hall–Kier alpha value is -1.45. The summed E-state index contributed by atoms with van der Waals surface area (Å²) in [4.78, 5) is 14.7. The van der Waals surface area contributed by atoms with Crippen LogP contribution in [-0.4, -0.2) is 65.8 Å². The van der Waals surface area contributed by atoms with Gasteiger partial charge in [0.25, 0.3) is 5.88 Å². The van der Waals surface area contributed by atoms with Crippen LogP contribution < -0.4 is 15.0 Å². The van der Waals surface area contributed by atoms with Crippen LogP contribution in [0.5, 0.6) is 5.88 Å². The number of anilines is 1. The zero-order chi connectivity index (χ0) is 27.5. The second-order valence-electron chi connectivity index (χ2n) is 11.5. The van der Waals surface area contributed by atoms with Gasteiger partial charge in [-0.15, -0.1) is 4.37 Å². The number of nitrogens with zero attached hydrogens (tertiary/aromatic N) is 3. The molecule has 1 atom stereocenters. The fraction of sp³-hybridized carbons (Fsp3) is 0.897. The van der Waals surface area contributed by atoms with Crippen molar-refractivity contribution < 1.29 is 19.0 Å². The molecule has 0 bridgehead atoms. The molecule has 0 radical (unpaired) electrons. The monoisotopic (exact) mass is 554 g/mol. The SMILES string of the molecule is CCCCCCCCCCCCCCCC(=O)O[C@@H](CNC(C)(C)C)COc1nsnc1N1CCOCC1. The average molecular weight is 555 g/mol. The molecule has 1 fully saturated rings. The Bertz CT molecular complexity index is 734. The van der Waals surface area contributed by atoms with Crippen molar-refractivity contribution in [1.82, 2.24) is 14.1 Å². The molecule has 0 saturated carbocycles. The molecule has 1 aromatic rings. The Labute approximate surface area is 235 Å². The number of aromatic nitrogens is 2. The van der Waals surface area contributed by atoms with E-state index in [9.17, 15) is 4.79 Å². The summed E-state index contributed by atoms with van der Waals surface area (Å²) in [5, 5.41) is 3.44. The molecule has 38 heavy (non-hydrogen) atoms. The first-order valence-corrected chi connectivity index (χ1v) is 15.8. The van der Waals surface area contributed by atoms with Gasteiger partial charge in [-0.3, -0.25) is 4.79 Å². The lowest BCUT2D eigenvalue weighted by Crippen LogP contribution is -2.44. The van der Waals surface area contributed by atoms with Crippen molar-refractivity contribution in [2.24, 2.45) is 0 Å². The van der Waals surface area contributed by atoms with E-state index in [1.54, 1.807) is 0 Å². The number of carbonyl (C=O) groups excluding carboxylic acids is 1. The molecule has 1 N–H and O–H groups in total. The quantitative estimate of drug-likeness (QED) is 0.136. The molecule has 1 aromatic heterocycles. The molecule has 1 aliphatic rings. The van der Waals surface area contributed by atoms with Crippen LogP contribution in [0.25, 0.3) is 0 Å². The van der Waals surface area contributed by atoms with Gasteiger partial charge < -0.3 is 24.4 Å². The fourth-order valence-electron chi connectivity index (χ4n) is 4.49. The standard InChI is InChI=1S/C29H54N4O4S/c1-5-6-7-8-9-10-11-12-13-14-15-16-17-18-26(34)37-25(23-30-29(2,3)4)24-36-28-27(31-38-32-28)33-19-21-35-22-20-33/h25,30H,5-24H2,1-4H3/t25-/m0/s1. The number of rotatable bonds is 21. The molecule has 0 amide bonds. The van der Waals surface area contributed by atoms with E-state index in [1.807, 2.05) is 0 Å². The van der Waals surface area contributed by atoms with E-state index < -0.39 is 0 Å². The lowest BCUT2D eigenvalue weighted by molar-refractivity contribution is -0.150. The van der Waals surface area contributed by atoms with Gasteiger partial charge in [0, 0.05) is 31.6 Å². The summed E-state index contributed by atoms with van der Waals surface area (Å²) in [7, 11) is 0. The number of hydrogen-bond donors (Lipinski definition) is 1. The van der Waals surface area contributed by atoms with Crippen molar-refractivity contribution in [3.8, 4) is 5.88 Å². The molecule has 0 spiro atoms. The highest BCUT2D eigenvalue weighted by atomic mass is 32.1. The molecule has 0 aromatic carbocycles. The van der Waals surface area contributed by atoms with E-state index in [0.717, 1.165) is 43.5 Å². The minimum atomic E-state index is -0.386. The highest BCUT2D eigenvalue weighted by Crippen LogP contribution is 2.26. The van der Waals surface area contributed by atoms with Gasteiger partial charge in [-0.25, -0.2) is 0 Å². The van der Waals surface area contributed by atoms with E-state index in [2.05, 4.69) is 46.7 Å². The maximum Gasteiger partial charge on any atom is 0.306 e. The number of ether oxygens (including phenoxy) is 3. The minimum absolute atomic E-state index is 0.0825. The Kier molecular flexibility index (Phi) is 16.9. The summed E-state index contributed by atoms with van der Waals surface area (Å²) >= 11 is 1.14. The highest BCUT2D eigenvalue weighted by molar-refractivity contribution is 6.99. The van der Waals surface area contributed by atoms with E-state index in [0.29, 0.717) is 32.1 Å². The van der Waals surface area contributed by atoms with Gasteiger partial charge in [0.2, 0.25) is 5.82 Å². The van der Waals surface area contributed by atoms with E-state index in [-0.39, 0.29) is 24.2 Å². The van der Waals surface area contributed by atoms with Gasteiger partial charge >= 0.3 is 5.97 Å². The third kappa shape index (κ3) is 15.2. The number of esters is 1. The van der Waals surface area contributed by atoms with Crippen molar-refractivity contribution in [2.45, 2.75) is 129 Å². The van der Waals surface area contributed by atoms with Crippen molar-refractivity contribution in [3.63, 3.8) is 0 Å². The van der Waals surface area contributed by atoms with Gasteiger partial charge in [0.15, 0.2) is 0 Å². The van der Waals surface area contributed by atoms with Crippen LogP contribution >= 0.6 is 11.7 Å². The van der Waals surface area contributed by atoms with Gasteiger partial charge in [0.1, 0.15) is 12.7 Å². The van der Waals surface area contributed by atoms with E-state index in [4.69, 9.17) is 14.2 Å². The van der Waals surface area contributed by atoms with Crippen LogP contribution in [0.2, 0.25) is 0 Å². The molecule has 8 nitrogen and oxygen atoms in total. The van der Waals surface area contributed by atoms with Gasteiger partial charge in [-0.2, -0.15) is 4.37 Å². The van der Waals surface area contributed by atoms with Gasteiger partial charge in [0.05, 0.1) is 24.9 Å². The molecular weight excluding hydrogens is 500 g/mol. The molecule has 2 rings (SSSR count). The Balaban J connectivity index is 1.63. The van der Waals surface area contributed by atoms with Crippen LogP contribution in [0.4, 0.5) is 5.82 Å². The van der Waals surface area contributed by atoms with Gasteiger partial charge in [-0.05, 0) is 27.2 Å². The van der Waals surface area contributed by atoms with Crippen molar-refractivity contribution in [1.29, 1.82) is 0 Å². The van der Waals surface area contributed by atoms with Crippen LogP contribution in [0.15, 0.2) is 0 Å². The summed E-state index contributed by atoms with van der Waals surface area (Å²) in [5.74, 6) is 1.10. The molecule has 1 aliphatic heterocycles. The topological polar surface area (TPSA) is 85.8 Å². The molecule has 1 saturated heterocycles. The lowest BCUT2D eigenvalue weighted by atomic mass is 10.0. The van der Waals surface area contributed by atoms with E-state index >= 15 is 0 Å². The minimum Gasteiger partial charge on any atom is -0.470 e. The van der Waals surface area contributed by atoms with E-state index in [1.165, 1.54) is 70.6 Å². The number of unbranched alkanes of at least 4 members (excludes halogenated alkanes) is 12. The lowest BCUT2D eigenvalue weighted by Gasteiger charge is -2.27. The number of nitrogens with one attached hydrogen (secondary N) is 1. The average Bonchev–Trinajstić information content (AvgIpc) is 3.37. The van der Waals surface area contributed by atoms with Crippen LogP contribution in [0, 0.1) is 0 Å². The summed E-state index contributed by atoms with van der Waals surface area (Å²) in [6, 6.07) is 0. The Morgan fingerprint density at radius 1 is 0.947 bits per heavy atom. The molecule has 2 heterocycles. The second kappa shape index (κ2) is 19.6. The van der Waals surface area contributed by atoms with Crippen molar-refractivity contribution in [3.05, 3.63) is 0 Å². The fourth-order valence-corrected chi connectivity index (χ4v) is 5.01. The van der Waals surface area contributed by atoms with Crippen LogP contribution in [-0.2, 0) is 14.3 Å². The first-order valence-electron chi connectivity index (χ1n) is 15.1. The molecule has 9 heteroatoms. The highest BCUT2D eigenvalue weighted by Gasteiger charge is 2.23. The molecule has 220 valence electrons. The first-order chi connectivity index (χ1) is 18.4. The Morgan fingerprint density at radius 3 is 2.11 bits per heavy atom. The summed E-state index contributed by atoms with van der Waals surface area (Å²) in [6.07, 6.45) is 16.8. The predicted molar refractivity (Wildman–Crippen MR) is 156 cm³/mol. The number of carbonyl (C=O) groups is 1. The maximum absolute atomic E-state index is 12.6. The van der Waals surface area contributed by atoms with Crippen molar-refractivity contribution >= 4 is 23.5 Å². The third-order valence-corrected chi connectivity index (χ3v) is 7.30. The van der Waals surface area contributed by atoms with Crippen LogP contribution in [0.3, 0.4) is 0 Å². The smallest absolute Gasteiger partial charge is 0.306 e. The Morgan fingerprint density at radius 2 is 1.53 bits per heavy atom. The van der Waals surface area contributed by atoms with Crippen LogP contribution in [0.1, 0.15) is 118 Å². The summed E-state index contributed by atoms with van der Waals surface area (Å²) in [5.41, 5.74) is -0.0825. The summed E-state index contributed by atoms with van der Waals surface area (Å²) < 4.78 is 26.0.